The highest BCUT2D eigenvalue weighted by Gasteiger charge is 2.03. The summed E-state index contributed by atoms with van der Waals surface area (Å²) in [7, 11) is 4.15. The molecule has 3 heteroatoms. The average Bonchev–Trinajstić information content (AvgIpc) is 2.04. The van der Waals surface area contributed by atoms with Crippen LogP contribution >= 0.6 is 9.24 Å². The van der Waals surface area contributed by atoms with Gasteiger partial charge in [-0.3, -0.25) is 4.79 Å². The summed E-state index contributed by atoms with van der Waals surface area (Å²) in [4.78, 5) is 11.1. The Morgan fingerprint density at radius 2 is 2.09 bits per heavy atom. The summed E-state index contributed by atoms with van der Waals surface area (Å²) in [6.45, 7) is 0. The van der Waals surface area contributed by atoms with Crippen LogP contribution in [0.15, 0.2) is 24.3 Å². The lowest BCUT2D eigenvalue weighted by Gasteiger charge is -2.01. The normalized spacial score (nSPS) is 9.27. The fourth-order valence-corrected chi connectivity index (χ4v) is 1.18. The molecule has 0 saturated heterocycles. The van der Waals surface area contributed by atoms with Crippen molar-refractivity contribution in [1.82, 2.24) is 5.32 Å². The molecule has 0 radical (unpaired) electrons. The molecule has 1 aromatic rings. The van der Waals surface area contributed by atoms with Crippen molar-refractivity contribution in [2.24, 2.45) is 0 Å². The minimum absolute atomic E-state index is 0.0457. The quantitative estimate of drug-likeness (QED) is 0.608. The summed E-state index contributed by atoms with van der Waals surface area (Å²) in [5.41, 5.74) is 0.708. The maximum absolute atomic E-state index is 11.1. The lowest BCUT2D eigenvalue weighted by molar-refractivity contribution is 0.0964. The predicted molar refractivity (Wildman–Crippen MR) is 49.2 cm³/mol. The number of benzene rings is 1. The first kappa shape index (κ1) is 8.22. The fourth-order valence-electron chi connectivity index (χ4n) is 0.838. The molecule has 2 nitrogen and oxygen atoms in total. The molecule has 1 unspecified atom stereocenters. The SMILES string of the molecule is CNC(=O)c1ccccc1P. The molecule has 1 N–H and O–H groups in total. The molecule has 1 aromatic carbocycles. The molecule has 0 aromatic heterocycles. The molecule has 0 bridgehead atoms. The van der Waals surface area contributed by atoms with Crippen molar-refractivity contribution in [1.29, 1.82) is 0 Å². The molecule has 0 spiro atoms. The second kappa shape index (κ2) is 3.49. The van der Waals surface area contributed by atoms with E-state index in [-0.39, 0.29) is 5.91 Å². The van der Waals surface area contributed by atoms with E-state index in [1.54, 1.807) is 13.1 Å². The van der Waals surface area contributed by atoms with E-state index in [0.29, 0.717) is 5.56 Å². The van der Waals surface area contributed by atoms with Gasteiger partial charge in [0.15, 0.2) is 0 Å². The van der Waals surface area contributed by atoms with E-state index in [0.717, 1.165) is 5.30 Å². The molecular weight excluding hydrogens is 157 g/mol. The molecule has 0 aliphatic carbocycles. The summed E-state index contributed by atoms with van der Waals surface area (Å²) in [6, 6.07) is 7.42. The lowest BCUT2D eigenvalue weighted by Crippen LogP contribution is -2.22. The topological polar surface area (TPSA) is 29.1 Å². The Labute approximate surface area is 68.2 Å². The second-order valence-corrected chi connectivity index (χ2v) is 2.79. The standard InChI is InChI=1S/C8H10NOP/c1-9-8(10)6-4-2-3-5-7(6)11/h2-5H,11H2,1H3,(H,9,10). The van der Waals surface area contributed by atoms with E-state index in [2.05, 4.69) is 14.6 Å². The van der Waals surface area contributed by atoms with Crippen LogP contribution in [0.4, 0.5) is 0 Å². The number of carbonyl (C=O) groups excluding carboxylic acids is 1. The minimum Gasteiger partial charge on any atom is -0.355 e. The van der Waals surface area contributed by atoms with Crippen LogP contribution < -0.4 is 10.6 Å². The molecule has 11 heavy (non-hydrogen) atoms. The molecule has 1 atom stereocenters. The third-order valence-corrected chi connectivity index (χ3v) is 1.94. The maximum Gasteiger partial charge on any atom is 0.251 e. The van der Waals surface area contributed by atoms with Crippen LogP contribution in [0.1, 0.15) is 10.4 Å². The summed E-state index contributed by atoms with van der Waals surface area (Å²) >= 11 is 0. The Hall–Kier alpha value is -0.880. The maximum atomic E-state index is 11.1. The summed E-state index contributed by atoms with van der Waals surface area (Å²) in [5.74, 6) is -0.0457. The first-order valence-electron chi connectivity index (χ1n) is 3.32. The van der Waals surface area contributed by atoms with Gasteiger partial charge in [-0.1, -0.05) is 18.2 Å². The van der Waals surface area contributed by atoms with Crippen molar-refractivity contribution >= 4 is 20.5 Å². The fraction of sp³-hybridized carbons (Fsp3) is 0.125. The van der Waals surface area contributed by atoms with Crippen LogP contribution in [0, 0.1) is 0 Å². The van der Waals surface area contributed by atoms with E-state index >= 15 is 0 Å². The molecule has 58 valence electrons. The van der Waals surface area contributed by atoms with Crippen LogP contribution in [0.3, 0.4) is 0 Å². The zero-order valence-corrected chi connectivity index (χ0v) is 7.45. The van der Waals surface area contributed by atoms with E-state index in [4.69, 9.17) is 0 Å². The van der Waals surface area contributed by atoms with E-state index in [9.17, 15) is 4.79 Å². The zero-order valence-electron chi connectivity index (χ0n) is 6.29. The number of rotatable bonds is 1. The van der Waals surface area contributed by atoms with Crippen molar-refractivity contribution < 1.29 is 4.79 Å². The predicted octanol–water partition coefficient (Wildman–Crippen LogP) is 0.547. The number of nitrogens with one attached hydrogen (secondary N) is 1. The first-order chi connectivity index (χ1) is 5.25. The average molecular weight is 167 g/mol. The van der Waals surface area contributed by atoms with Crippen molar-refractivity contribution in [2.45, 2.75) is 0 Å². The Morgan fingerprint density at radius 1 is 1.45 bits per heavy atom. The van der Waals surface area contributed by atoms with Gasteiger partial charge >= 0.3 is 0 Å². The first-order valence-corrected chi connectivity index (χ1v) is 3.90. The minimum atomic E-state index is -0.0457. The van der Waals surface area contributed by atoms with Gasteiger partial charge in [0.05, 0.1) is 0 Å². The van der Waals surface area contributed by atoms with Gasteiger partial charge in [0.2, 0.25) is 0 Å². The van der Waals surface area contributed by atoms with Crippen LogP contribution in [-0.2, 0) is 0 Å². The number of carbonyl (C=O) groups is 1. The van der Waals surface area contributed by atoms with Gasteiger partial charge in [-0.05, 0) is 11.4 Å². The van der Waals surface area contributed by atoms with Crippen LogP contribution in [0.2, 0.25) is 0 Å². The summed E-state index contributed by atoms with van der Waals surface area (Å²) in [5, 5.41) is 3.49. The van der Waals surface area contributed by atoms with Gasteiger partial charge in [-0.15, -0.1) is 9.24 Å². The Morgan fingerprint density at radius 3 is 2.64 bits per heavy atom. The number of amides is 1. The molecule has 0 aliphatic rings. The molecule has 1 rings (SSSR count). The summed E-state index contributed by atoms with van der Waals surface area (Å²) in [6.07, 6.45) is 0. The van der Waals surface area contributed by atoms with Crippen molar-refractivity contribution in [3.63, 3.8) is 0 Å². The highest BCUT2D eigenvalue weighted by atomic mass is 31.0. The van der Waals surface area contributed by atoms with Gasteiger partial charge in [-0.2, -0.15) is 0 Å². The van der Waals surface area contributed by atoms with Gasteiger partial charge in [0.1, 0.15) is 0 Å². The molecule has 1 amide bonds. The van der Waals surface area contributed by atoms with Crippen LogP contribution in [-0.4, -0.2) is 13.0 Å². The third-order valence-electron chi connectivity index (χ3n) is 1.43. The van der Waals surface area contributed by atoms with Crippen LogP contribution in [0.5, 0.6) is 0 Å². The third kappa shape index (κ3) is 1.78. The number of hydrogen-bond acceptors (Lipinski definition) is 1. The zero-order chi connectivity index (χ0) is 8.27. The van der Waals surface area contributed by atoms with Crippen molar-refractivity contribution in [2.75, 3.05) is 7.05 Å². The molecule has 0 fully saturated rings. The van der Waals surface area contributed by atoms with E-state index < -0.39 is 0 Å². The van der Waals surface area contributed by atoms with Crippen molar-refractivity contribution in [3.05, 3.63) is 29.8 Å². The molecule has 0 aliphatic heterocycles. The van der Waals surface area contributed by atoms with E-state index in [1.165, 1.54) is 0 Å². The van der Waals surface area contributed by atoms with Gasteiger partial charge in [0.25, 0.3) is 5.91 Å². The molecule has 0 saturated carbocycles. The lowest BCUT2D eigenvalue weighted by atomic mass is 10.2. The Kier molecular flexibility index (Phi) is 2.61. The summed E-state index contributed by atoms with van der Waals surface area (Å²) < 4.78 is 0. The molecule has 0 heterocycles. The Balaban J connectivity index is 3.03. The highest BCUT2D eigenvalue weighted by molar-refractivity contribution is 7.27. The highest BCUT2D eigenvalue weighted by Crippen LogP contribution is 1.99. The largest absolute Gasteiger partial charge is 0.355 e. The van der Waals surface area contributed by atoms with Gasteiger partial charge in [-0.25, -0.2) is 0 Å². The van der Waals surface area contributed by atoms with Gasteiger partial charge in [0, 0.05) is 12.6 Å². The van der Waals surface area contributed by atoms with E-state index in [1.807, 2.05) is 18.2 Å². The molecular formula is C8H10NOP. The smallest absolute Gasteiger partial charge is 0.251 e. The number of hydrogen-bond donors (Lipinski definition) is 1. The van der Waals surface area contributed by atoms with Gasteiger partial charge < -0.3 is 5.32 Å². The van der Waals surface area contributed by atoms with Crippen molar-refractivity contribution in [3.8, 4) is 0 Å². The van der Waals surface area contributed by atoms with Crippen LogP contribution in [0.25, 0.3) is 0 Å². The Bertz CT molecular complexity index is 273. The monoisotopic (exact) mass is 167 g/mol. The second-order valence-electron chi connectivity index (χ2n) is 2.17.